The normalized spacial score (nSPS) is 14.2. The van der Waals surface area contributed by atoms with Crippen LogP contribution in [-0.2, 0) is 11.2 Å². The molecule has 2 amide bonds. The Morgan fingerprint density at radius 3 is 2.66 bits per heavy atom. The van der Waals surface area contributed by atoms with E-state index in [2.05, 4.69) is 53.6 Å². The number of amides is 2. The second-order valence-electron chi connectivity index (χ2n) is 8.74. The minimum absolute atomic E-state index is 0.0127. The van der Waals surface area contributed by atoms with E-state index in [-0.39, 0.29) is 24.4 Å². The molecule has 184 valence electrons. The van der Waals surface area contributed by atoms with Gasteiger partial charge in [0, 0.05) is 35.0 Å². The van der Waals surface area contributed by atoms with E-state index in [1.807, 2.05) is 34.8 Å². The van der Waals surface area contributed by atoms with Crippen LogP contribution in [-0.4, -0.2) is 51.3 Å². The molecule has 0 atom stereocenters. The zero-order valence-electron chi connectivity index (χ0n) is 19.3. The van der Waals surface area contributed by atoms with E-state index < -0.39 is 11.7 Å². The fourth-order valence-corrected chi connectivity index (χ4v) is 5.18. The monoisotopic (exact) mass is 605 g/mol. The van der Waals surface area contributed by atoms with Gasteiger partial charge in [-0.1, -0.05) is 21.1 Å². The lowest BCUT2D eigenvalue weighted by molar-refractivity contribution is -0.132. The molecular weight excluding hydrogens is 581 g/mol. The number of benzene rings is 2. The number of aromatic nitrogens is 3. The Kier molecular flexibility index (Phi) is 8.33. The molecule has 4 rings (SSSR count). The summed E-state index contributed by atoms with van der Waals surface area (Å²) in [6.45, 7) is 3.62. The van der Waals surface area contributed by atoms with Gasteiger partial charge >= 0.3 is 0 Å². The van der Waals surface area contributed by atoms with Crippen LogP contribution in [0.15, 0.2) is 51.5 Å². The fraction of sp³-hybridized carbons (Fsp3) is 0.360. The molecule has 1 N–H and O–H groups in total. The minimum Gasteiger partial charge on any atom is -0.351 e. The van der Waals surface area contributed by atoms with Crippen LogP contribution in [0.4, 0.5) is 4.39 Å². The van der Waals surface area contributed by atoms with E-state index in [1.54, 1.807) is 0 Å². The Labute approximate surface area is 220 Å². The lowest BCUT2D eigenvalue weighted by atomic mass is 9.92. The van der Waals surface area contributed by atoms with Crippen molar-refractivity contribution < 1.29 is 14.0 Å². The van der Waals surface area contributed by atoms with Crippen molar-refractivity contribution in [2.75, 3.05) is 19.6 Å². The van der Waals surface area contributed by atoms with Gasteiger partial charge in [-0.25, -0.2) is 9.07 Å². The van der Waals surface area contributed by atoms with Crippen molar-refractivity contribution in [2.45, 2.75) is 32.6 Å². The molecule has 1 saturated heterocycles. The molecule has 1 aromatic heterocycles. The van der Waals surface area contributed by atoms with Crippen LogP contribution in [0, 0.1) is 18.7 Å². The first-order chi connectivity index (χ1) is 16.8. The smallest absolute Gasteiger partial charge is 0.252 e. The zero-order valence-corrected chi connectivity index (χ0v) is 22.5. The molecule has 0 bridgehead atoms. The Bertz CT molecular complexity index is 1220. The van der Waals surface area contributed by atoms with Gasteiger partial charge in [-0.3, -0.25) is 9.59 Å². The van der Waals surface area contributed by atoms with Crippen LogP contribution in [0.1, 0.15) is 40.9 Å². The van der Waals surface area contributed by atoms with Crippen molar-refractivity contribution in [1.29, 1.82) is 0 Å². The molecule has 0 saturated carbocycles. The topological polar surface area (TPSA) is 80.1 Å². The summed E-state index contributed by atoms with van der Waals surface area (Å²) in [6, 6.07) is 9.99. The molecule has 10 heteroatoms. The second kappa shape index (κ2) is 11.4. The lowest BCUT2D eigenvalue weighted by Gasteiger charge is -2.31. The van der Waals surface area contributed by atoms with Gasteiger partial charge in [-0.15, -0.1) is 5.10 Å². The van der Waals surface area contributed by atoms with Crippen LogP contribution in [0.5, 0.6) is 0 Å². The van der Waals surface area contributed by atoms with Crippen LogP contribution in [0.2, 0.25) is 0 Å². The quantitative estimate of drug-likeness (QED) is 0.417. The summed E-state index contributed by atoms with van der Waals surface area (Å²) in [7, 11) is 0. The number of carbonyl (C=O) groups is 2. The average molecular weight is 607 g/mol. The van der Waals surface area contributed by atoms with Crippen molar-refractivity contribution >= 4 is 43.7 Å². The first-order valence-electron chi connectivity index (χ1n) is 11.5. The van der Waals surface area contributed by atoms with Crippen molar-refractivity contribution in [3.63, 3.8) is 0 Å². The number of nitrogens with one attached hydrogen (secondary N) is 1. The highest BCUT2D eigenvalue weighted by Crippen LogP contribution is 2.23. The average Bonchev–Trinajstić information content (AvgIpc) is 3.29. The molecule has 35 heavy (non-hydrogen) atoms. The fourth-order valence-electron chi connectivity index (χ4n) is 4.28. The number of rotatable bonds is 7. The maximum Gasteiger partial charge on any atom is 0.252 e. The molecule has 1 aliphatic heterocycles. The highest BCUT2D eigenvalue weighted by molar-refractivity contribution is 9.10. The van der Waals surface area contributed by atoms with E-state index in [1.165, 1.54) is 18.2 Å². The van der Waals surface area contributed by atoms with E-state index >= 15 is 0 Å². The molecular formula is C25H26Br2FN5O2. The van der Waals surface area contributed by atoms with Gasteiger partial charge in [0.05, 0.1) is 23.1 Å². The summed E-state index contributed by atoms with van der Waals surface area (Å²) < 4.78 is 16.8. The highest BCUT2D eigenvalue weighted by atomic mass is 79.9. The summed E-state index contributed by atoms with van der Waals surface area (Å²) in [6.07, 6.45) is 4.82. The third-order valence-electron chi connectivity index (χ3n) is 6.21. The Balaban J connectivity index is 1.22. The summed E-state index contributed by atoms with van der Waals surface area (Å²) in [4.78, 5) is 26.7. The van der Waals surface area contributed by atoms with Crippen LogP contribution < -0.4 is 5.32 Å². The molecule has 1 aliphatic rings. The predicted molar refractivity (Wildman–Crippen MR) is 138 cm³/mol. The Morgan fingerprint density at radius 1 is 1.14 bits per heavy atom. The molecule has 7 nitrogen and oxygen atoms in total. The number of halogens is 3. The number of piperidine rings is 1. The molecule has 0 aliphatic carbocycles. The van der Waals surface area contributed by atoms with E-state index in [9.17, 15) is 14.0 Å². The van der Waals surface area contributed by atoms with Crippen molar-refractivity contribution in [3.8, 4) is 5.69 Å². The van der Waals surface area contributed by atoms with E-state index in [4.69, 9.17) is 0 Å². The van der Waals surface area contributed by atoms with Crippen LogP contribution in [0.3, 0.4) is 0 Å². The van der Waals surface area contributed by atoms with Gasteiger partial charge in [-0.2, -0.15) is 0 Å². The molecule has 0 spiro atoms. The van der Waals surface area contributed by atoms with Gasteiger partial charge in [0.25, 0.3) is 5.91 Å². The zero-order chi connectivity index (χ0) is 24.9. The lowest BCUT2D eigenvalue weighted by Crippen LogP contribution is -2.40. The predicted octanol–water partition coefficient (Wildman–Crippen LogP) is 4.84. The summed E-state index contributed by atoms with van der Waals surface area (Å²) in [5.41, 5.74) is 3.28. The van der Waals surface area contributed by atoms with Crippen LogP contribution >= 0.6 is 31.9 Å². The number of likely N-dealkylation sites (tertiary alicyclic amines) is 1. The highest BCUT2D eigenvalue weighted by Gasteiger charge is 2.24. The number of hydrogen-bond donors (Lipinski definition) is 1. The second-order valence-corrected chi connectivity index (χ2v) is 10.5. The molecule has 0 radical (unpaired) electrons. The Hall–Kier alpha value is -2.59. The van der Waals surface area contributed by atoms with Gasteiger partial charge < -0.3 is 10.2 Å². The maximum absolute atomic E-state index is 13.4. The third-order valence-corrected chi connectivity index (χ3v) is 7.39. The third kappa shape index (κ3) is 6.55. The standard InChI is InChI=1S/C25H26Br2FN5O2/c1-16-12-18(26)2-5-23(16)33-15-20(30-31-33)13-17-7-10-32(11-8-17)24(34)6-9-29-25(35)21-14-19(28)3-4-22(21)27/h2-5,12,14-15,17H,6-11,13H2,1H3,(H,29,35). The molecule has 2 aromatic carbocycles. The molecule has 1 fully saturated rings. The van der Waals surface area contributed by atoms with Crippen molar-refractivity contribution in [3.05, 3.63) is 74.2 Å². The largest absolute Gasteiger partial charge is 0.351 e. The summed E-state index contributed by atoms with van der Waals surface area (Å²) in [5.74, 6) is -0.434. The molecule has 3 aromatic rings. The van der Waals surface area contributed by atoms with Gasteiger partial charge in [0.15, 0.2) is 0 Å². The number of aryl methyl sites for hydroxylation is 1. The number of hydrogen-bond acceptors (Lipinski definition) is 4. The minimum atomic E-state index is -0.483. The summed E-state index contributed by atoms with van der Waals surface area (Å²) in [5, 5.41) is 11.3. The Morgan fingerprint density at radius 2 is 1.91 bits per heavy atom. The van der Waals surface area contributed by atoms with Crippen molar-refractivity contribution in [2.24, 2.45) is 5.92 Å². The van der Waals surface area contributed by atoms with E-state index in [0.29, 0.717) is 23.5 Å². The van der Waals surface area contributed by atoms with Gasteiger partial charge in [-0.05, 0) is 90.0 Å². The maximum atomic E-state index is 13.4. The summed E-state index contributed by atoms with van der Waals surface area (Å²) >= 11 is 6.73. The SMILES string of the molecule is Cc1cc(Br)ccc1-n1cc(CC2CCN(C(=O)CCNC(=O)c3cc(F)ccc3Br)CC2)nn1. The van der Waals surface area contributed by atoms with Crippen LogP contribution in [0.25, 0.3) is 5.69 Å². The number of nitrogens with zero attached hydrogens (tertiary/aromatic N) is 4. The number of carbonyl (C=O) groups excluding carboxylic acids is 2. The molecule has 0 unspecified atom stereocenters. The van der Waals surface area contributed by atoms with Crippen molar-refractivity contribution in [1.82, 2.24) is 25.2 Å². The van der Waals surface area contributed by atoms with E-state index in [0.717, 1.165) is 40.7 Å². The van der Waals surface area contributed by atoms with Gasteiger partial charge in [0.1, 0.15) is 5.82 Å². The van der Waals surface area contributed by atoms with Gasteiger partial charge in [0.2, 0.25) is 5.91 Å². The first-order valence-corrected chi connectivity index (χ1v) is 13.1. The first kappa shape index (κ1) is 25.5. The molecule has 2 heterocycles.